The molecule has 0 spiro atoms. The minimum atomic E-state index is -0.507. The predicted octanol–water partition coefficient (Wildman–Crippen LogP) is 6.69. The highest BCUT2D eigenvalue weighted by Gasteiger charge is 2.14. The second kappa shape index (κ2) is 12.0. The summed E-state index contributed by atoms with van der Waals surface area (Å²) in [5, 5.41) is 2.82. The lowest BCUT2D eigenvalue weighted by Crippen LogP contribution is -2.25. The van der Waals surface area contributed by atoms with E-state index in [-0.39, 0.29) is 16.9 Å². The number of imidazole rings is 1. The van der Waals surface area contributed by atoms with Gasteiger partial charge in [-0.3, -0.25) is 4.79 Å². The quantitative estimate of drug-likeness (QED) is 0.233. The minimum absolute atomic E-state index is 0.0714. The zero-order valence-corrected chi connectivity index (χ0v) is 22.0. The second-order valence-corrected chi connectivity index (χ2v) is 10.3. The Hall–Kier alpha value is -3.67. The van der Waals surface area contributed by atoms with Crippen LogP contribution in [0.5, 0.6) is 5.75 Å². The number of para-hydroxylation sites is 2. The first kappa shape index (κ1) is 26.4. The molecule has 1 heterocycles. The van der Waals surface area contributed by atoms with Crippen LogP contribution in [0.1, 0.15) is 61.8 Å². The number of hydrogen-bond acceptors (Lipinski definition) is 3. The Balaban J connectivity index is 1.28. The van der Waals surface area contributed by atoms with Crippen LogP contribution >= 0.6 is 0 Å². The normalized spacial score (nSPS) is 11.6. The zero-order chi connectivity index (χ0) is 26.3. The summed E-state index contributed by atoms with van der Waals surface area (Å²) in [6.07, 6.45) is 3.35. The molecule has 0 aliphatic heterocycles. The maximum absolute atomic E-state index is 13.8. The number of fused-ring (bicyclic) bond motifs is 1. The van der Waals surface area contributed by atoms with Crippen LogP contribution in [0, 0.1) is 5.82 Å². The number of rotatable bonds is 11. The van der Waals surface area contributed by atoms with Gasteiger partial charge >= 0.3 is 0 Å². The average Bonchev–Trinajstić information content (AvgIpc) is 3.23. The molecular formula is C31H36FN3O2. The van der Waals surface area contributed by atoms with Crippen LogP contribution in [0.25, 0.3) is 11.0 Å². The number of aryl methyl sites for hydroxylation is 2. The first-order valence-electron chi connectivity index (χ1n) is 13.0. The molecule has 1 amide bonds. The van der Waals surface area contributed by atoms with Crippen molar-refractivity contribution in [3.8, 4) is 5.75 Å². The Kier molecular flexibility index (Phi) is 8.59. The van der Waals surface area contributed by atoms with Crippen molar-refractivity contribution in [3.05, 3.63) is 95.6 Å². The lowest BCUT2D eigenvalue weighted by Gasteiger charge is -2.19. The van der Waals surface area contributed by atoms with E-state index in [1.807, 2.05) is 30.3 Å². The summed E-state index contributed by atoms with van der Waals surface area (Å²) in [5.41, 5.74) is 3.60. The molecule has 4 rings (SSSR count). The highest BCUT2D eigenvalue weighted by atomic mass is 19.1. The van der Waals surface area contributed by atoms with Gasteiger partial charge in [0.2, 0.25) is 0 Å². The summed E-state index contributed by atoms with van der Waals surface area (Å²) in [4.78, 5) is 17.1. The lowest BCUT2D eigenvalue weighted by atomic mass is 9.87. The smallest absolute Gasteiger partial charge is 0.254 e. The number of halogens is 1. The van der Waals surface area contributed by atoms with Gasteiger partial charge in [0, 0.05) is 19.5 Å². The van der Waals surface area contributed by atoms with Gasteiger partial charge in [0.05, 0.1) is 23.2 Å². The molecule has 5 nitrogen and oxygen atoms in total. The fourth-order valence-corrected chi connectivity index (χ4v) is 4.37. The lowest BCUT2D eigenvalue weighted by molar-refractivity contribution is 0.0949. The van der Waals surface area contributed by atoms with E-state index in [2.05, 4.69) is 48.9 Å². The number of carbonyl (C=O) groups is 1. The summed E-state index contributed by atoms with van der Waals surface area (Å²) in [5.74, 6) is 1.01. The van der Waals surface area contributed by atoms with E-state index < -0.39 is 5.82 Å². The van der Waals surface area contributed by atoms with E-state index in [9.17, 15) is 9.18 Å². The number of unbranched alkanes of at least 4 members (excludes halogenated alkanes) is 1. The van der Waals surface area contributed by atoms with Crippen molar-refractivity contribution < 1.29 is 13.9 Å². The predicted molar refractivity (Wildman–Crippen MR) is 147 cm³/mol. The van der Waals surface area contributed by atoms with Crippen LogP contribution in [0.4, 0.5) is 4.39 Å². The van der Waals surface area contributed by atoms with Gasteiger partial charge in [-0.05, 0) is 66.6 Å². The molecule has 4 aromatic rings. The number of amides is 1. The Morgan fingerprint density at radius 1 is 0.946 bits per heavy atom. The molecule has 0 saturated heterocycles. The van der Waals surface area contributed by atoms with Gasteiger partial charge in [-0.1, -0.05) is 57.2 Å². The van der Waals surface area contributed by atoms with Crippen molar-refractivity contribution >= 4 is 16.9 Å². The van der Waals surface area contributed by atoms with Gasteiger partial charge in [0.15, 0.2) is 0 Å². The first-order chi connectivity index (χ1) is 17.8. The monoisotopic (exact) mass is 501 g/mol. The largest absolute Gasteiger partial charge is 0.494 e. The summed E-state index contributed by atoms with van der Waals surface area (Å²) >= 11 is 0. The second-order valence-electron chi connectivity index (χ2n) is 10.3. The fourth-order valence-electron chi connectivity index (χ4n) is 4.37. The molecule has 3 aromatic carbocycles. The Bertz CT molecular complexity index is 1320. The van der Waals surface area contributed by atoms with Crippen molar-refractivity contribution in [2.24, 2.45) is 0 Å². The Morgan fingerprint density at radius 2 is 1.68 bits per heavy atom. The molecule has 37 heavy (non-hydrogen) atoms. The molecule has 0 bridgehead atoms. The molecular weight excluding hydrogens is 465 g/mol. The van der Waals surface area contributed by atoms with Crippen LogP contribution in [0.15, 0.2) is 72.8 Å². The maximum atomic E-state index is 13.8. The molecule has 0 aliphatic rings. The third kappa shape index (κ3) is 6.97. The van der Waals surface area contributed by atoms with Crippen LogP contribution in [-0.2, 0) is 18.4 Å². The number of nitrogens with zero attached hydrogens (tertiary/aromatic N) is 2. The van der Waals surface area contributed by atoms with Gasteiger partial charge in [-0.2, -0.15) is 0 Å². The molecule has 1 aromatic heterocycles. The standard InChI is InChI=1S/C31H36FN3O2/c1-31(2,3)23-16-18-24(19-17-23)37-22-9-8-21-35-28-14-7-6-13-27(28)34-29(35)15-10-20-33-30(36)25-11-4-5-12-26(25)32/h4-7,11-14,16-19H,8-10,15,20-22H2,1-3H3,(H,33,36). The number of ether oxygens (including phenoxy) is 1. The molecule has 0 aliphatic carbocycles. The molecule has 1 N–H and O–H groups in total. The summed E-state index contributed by atoms with van der Waals surface area (Å²) in [6, 6.07) is 22.6. The van der Waals surface area contributed by atoms with Crippen LogP contribution in [0.2, 0.25) is 0 Å². The van der Waals surface area contributed by atoms with Gasteiger partial charge < -0.3 is 14.6 Å². The molecule has 6 heteroatoms. The molecule has 0 radical (unpaired) electrons. The summed E-state index contributed by atoms with van der Waals surface area (Å²) in [6.45, 7) is 8.59. The van der Waals surface area contributed by atoms with Crippen molar-refractivity contribution in [3.63, 3.8) is 0 Å². The highest BCUT2D eigenvalue weighted by molar-refractivity contribution is 5.94. The number of carbonyl (C=O) groups excluding carboxylic acids is 1. The van der Waals surface area contributed by atoms with Crippen molar-refractivity contribution in [2.45, 2.75) is 58.4 Å². The van der Waals surface area contributed by atoms with Crippen LogP contribution in [0.3, 0.4) is 0 Å². The van der Waals surface area contributed by atoms with Crippen molar-refractivity contribution in [1.82, 2.24) is 14.9 Å². The molecule has 0 atom stereocenters. The third-order valence-electron chi connectivity index (χ3n) is 6.48. The maximum Gasteiger partial charge on any atom is 0.254 e. The zero-order valence-electron chi connectivity index (χ0n) is 22.0. The van der Waals surface area contributed by atoms with Crippen molar-refractivity contribution in [2.75, 3.05) is 13.2 Å². The van der Waals surface area contributed by atoms with Crippen molar-refractivity contribution in [1.29, 1.82) is 0 Å². The van der Waals surface area contributed by atoms with Gasteiger partial charge in [0.1, 0.15) is 17.4 Å². The molecule has 0 unspecified atom stereocenters. The third-order valence-corrected chi connectivity index (χ3v) is 6.48. The number of benzene rings is 3. The number of hydrogen-bond donors (Lipinski definition) is 1. The first-order valence-corrected chi connectivity index (χ1v) is 13.0. The van der Waals surface area contributed by atoms with Crippen LogP contribution in [-0.4, -0.2) is 28.6 Å². The molecule has 0 saturated carbocycles. The summed E-state index contributed by atoms with van der Waals surface area (Å²) in [7, 11) is 0. The highest BCUT2D eigenvalue weighted by Crippen LogP contribution is 2.24. The van der Waals surface area contributed by atoms with E-state index >= 15 is 0 Å². The van der Waals surface area contributed by atoms with Gasteiger partial charge in [-0.25, -0.2) is 9.37 Å². The minimum Gasteiger partial charge on any atom is -0.494 e. The van der Waals surface area contributed by atoms with E-state index in [1.54, 1.807) is 12.1 Å². The Labute approximate surface area is 218 Å². The van der Waals surface area contributed by atoms with Gasteiger partial charge in [-0.15, -0.1) is 0 Å². The molecule has 194 valence electrons. The summed E-state index contributed by atoms with van der Waals surface area (Å²) < 4.78 is 22.1. The van der Waals surface area contributed by atoms with Gasteiger partial charge in [0.25, 0.3) is 5.91 Å². The number of nitrogens with one attached hydrogen (secondary N) is 1. The molecule has 0 fully saturated rings. The Morgan fingerprint density at radius 3 is 2.43 bits per heavy atom. The van der Waals surface area contributed by atoms with E-state index in [4.69, 9.17) is 9.72 Å². The van der Waals surface area contributed by atoms with E-state index in [0.717, 1.165) is 54.8 Å². The number of aromatic nitrogens is 2. The van der Waals surface area contributed by atoms with E-state index in [1.165, 1.54) is 17.7 Å². The SMILES string of the molecule is CC(C)(C)c1ccc(OCCCCn2c(CCCNC(=O)c3ccccc3F)nc3ccccc32)cc1. The van der Waals surface area contributed by atoms with Crippen LogP contribution < -0.4 is 10.1 Å². The van der Waals surface area contributed by atoms with E-state index in [0.29, 0.717) is 13.2 Å². The fraction of sp³-hybridized carbons (Fsp3) is 0.355. The average molecular weight is 502 g/mol. The topological polar surface area (TPSA) is 56.1 Å².